The van der Waals surface area contributed by atoms with E-state index in [2.05, 4.69) is 27.8 Å². The van der Waals surface area contributed by atoms with Gasteiger partial charge in [0.1, 0.15) is 5.82 Å². The number of hydrogen-bond donors (Lipinski definition) is 2. The monoisotopic (exact) mass is 331 g/mol. The Hall–Kier alpha value is -2.88. The molecular weight excluding hydrogens is 310 g/mol. The molecule has 1 aliphatic rings. The zero-order valence-electron chi connectivity index (χ0n) is 14.0. The molecule has 0 atom stereocenters. The third kappa shape index (κ3) is 3.79. The second-order valence-corrected chi connectivity index (χ2v) is 6.48. The van der Waals surface area contributed by atoms with Gasteiger partial charge in [-0.1, -0.05) is 48.5 Å². The highest BCUT2D eigenvalue weighted by Gasteiger charge is 2.24. The number of para-hydroxylation sites is 1. The lowest BCUT2D eigenvalue weighted by atomic mass is 10.1. The number of hydrogen-bond acceptors (Lipinski definition) is 3. The van der Waals surface area contributed by atoms with E-state index in [-0.39, 0.29) is 5.91 Å². The number of nitrogens with zero attached hydrogens (tertiary/aromatic N) is 1. The summed E-state index contributed by atoms with van der Waals surface area (Å²) >= 11 is 0. The van der Waals surface area contributed by atoms with Gasteiger partial charge in [-0.15, -0.1) is 0 Å². The summed E-state index contributed by atoms with van der Waals surface area (Å²) in [6, 6.07) is 20.4. The van der Waals surface area contributed by atoms with Gasteiger partial charge in [-0.3, -0.25) is 4.79 Å². The molecule has 4 nitrogen and oxygen atoms in total. The van der Waals surface area contributed by atoms with Gasteiger partial charge in [-0.05, 0) is 37.0 Å². The standard InChI is InChI=1S/C21H21N3O/c25-21(23-16-10-11-16)18-14-20(24-19-9-5-4-8-17(18)19)22-13-12-15-6-2-1-3-7-15/h1-9,14,16H,10-13H2,(H,22,24)(H,23,25). The van der Waals surface area contributed by atoms with Crippen molar-refractivity contribution in [3.63, 3.8) is 0 Å². The zero-order valence-corrected chi connectivity index (χ0v) is 14.0. The summed E-state index contributed by atoms with van der Waals surface area (Å²) < 4.78 is 0. The maximum Gasteiger partial charge on any atom is 0.252 e. The van der Waals surface area contributed by atoms with E-state index in [0.29, 0.717) is 11.6 Å². The molecule has 1 heterocycles. The number of nitrogens with one attached hydrogen (secondary N) is 2. The van der Waals surface area contributed by atoms with Crippen molar-refractivity contribution in [1.29, 1.82) is 0 Å². The lowest BCUT2D eigenvalue weighted by molar-refractivity contribution is 0.0952. The molecule has 4 heteroatoms. The van der Waals surface area contributed by atoms with E-state index in [1.807, 2.05) is 48.5 Å². The predicted octanol–water partition coefficient (Wildman–Crippen LogP) is 3.78. The minimum atomic E-state index is -0.00721. The summed E-state index contributed by atoms with van der Waals surface area (Å²) in [5, 5.41) is 7.33. The number of anilines is 1. The van der Waals surface area contributed by atoms with Crippen LogP contribution >= 0.6 is 0 Å². The summed E-state index contributed by atoms with van der Waals surface area (Å²) in [5.41, 5.74) is 2.82. The van der Waals surface area contributed by atoms with Crippen LogP contribution in [0.1, 0.15) is 28.8 Å². The Labute approximate surface area is 147 Å². The van der Waals surface area contributed by atoms with E-state index in [0.717, 1.165) is 42.5 Å². The quantitative estimate of drug-likeness (QED) is 0.723. The van der Waals surface area contributed by atoms with E-state index in [9.17, 15) is 4.79 Å². The molecule has 1 saturated carbocycles. The van der Waals surface area contributed by atoms with Gasteiger partial charge >= 0.3 is 0 Å². The first-order chi connectivity index (χ1) is 12.3. The van der Waals surface area contributed by atoms with Gasteiger partial charge in [0.2, 0.25) is 0 Å². The molecular formula is C21H21N3O. The van der Waals surface area contributed by atoms with Crippen molar-refractivity contribution in [2.24, 2.45) is 0 Å². The number of fused-ring (bicyclic) bond motifs is 1. The second-order valence-electron chi connectivity index (χ2n) is 6.48. The van der Waals surface area contributed by atoms with Crippen LogP contribution in [0, 0.1) is 0 Å². The van der Waals surface area contributed by atoms with Gasteiger partial charge < -0.3 is 10.6 Å². The zero-order chi connectivity index (χ0) is 17.1. The van der Waals surface area contributed by atoms with Gasteiger partial charge in [0.25, 0.3) is 5.91 Å². The molecule has 1 aromatic heterocycles. The third-order valence-corrected chi connectivity index (χ3v) is 4.44. The summed E-state index contributed by atoms with van der Waals surface area (Å²) in [6.45, 7) is 0.777. The van der Waals surface area contributed by atoms with Crippen molar-refractivity contribution in [3.05, 3.63) is 71.8 Å². The molecule has 1 fully saturated rings. The van der Waals surface area contributed by atoms with Crippen LogP contribution < -0.4 is 10.6 Å². The Morgan fingerprint density at radius 3 is 2.60 bits per heavy atom. The van der Waals surface area contributed by atoms with Crippen molar-refractivity contribution in [1.82, 2.24) is 10.3 Å². The molecule has 0 radical (unpaired) electrons. The average Bonchev–Trinajstić information content (AvgIpc) is 3.46. The lowest BCUT2D eigenvalue weighted by Gasteiger charge is -2.11. The number of amides is 1. The van der Waals surface area contributed by atoms with Gasteiger partial charge in [-0.25, -0.2) is 4.98 Å². The summed E-state index contributed by atoms with van der Waals surface area (Å²) in [6.07, 6.45) is 3.08. The van der Waals surface area contributed by atoms with Crippen molar-refractivity contribution < 1.29 is 4.79 Å². The van der Waals surface area contributed by atoms with Crippen molar-refractivity contribution in [2.75, 3.05) is 11.9 Å². The Morgan fingerprint density at radius 1 is 1.04 bits per heavy atom. The Balaban J connectivity index is 1.55. The van der Waals surface area contributed by atoms with Crippen molar-refractivity contribution in [2.45, 2.75) is 25.3 Å². The fourth-order valence-electron chi connectivity index (χ4n) is 2.92. The second kappa shape index (κ2) is 6.93. The number of aromatic nitrogens is 1. The highest BCUT2D eigenvalue weighted by atomic mass is 16.1. The van der Waals surface area contributed by atoms with Gasteiger partial charge in [-0.2, -0.15) is 0 Å². The number of pyridine rings is 1. The van der Waals surface area contributed by atoms with Crippen LogP contribution in [0.5, 0.6) is 0 Å². The summed E-state index contributed by atoms with van der Waals surface area (Å²) in [4.78, 5) is 17.2. The number of carbonyl (C=O) groups excluding carboxylic acids is 1. The smallest absolute Gasteiger partial charge is 0.252 e. The first-order valence-electron chi connectivity index (χ1n) is 8.78. The number of benzene rings is 2. The normalized spacial score (nSPS) is 13.6. The van der Waals surface area contributed by atoms with Gasteiger partial charge in [0.05, 0.1) is 11.1 Å². The van der Waals surface area contributed by atoms with E-state index >= 15 is 0 Å². The Bertz CT molecular complexity index is 888. The molecule has 3 aromatic rings. The minimum absolute atomic E-state index is 0.00721. The summed E-state index contributed by atoms with van der Waals surface area (Å²) in [5.74, 6) is 0.739. The first kappa shape index (κ1) is 15.6. The van der Waals surface area contributed by atoms with E-state index in [1.165, 1.54) is 5.56 Å². The lowest BCUT2D eigenvalue weighted by Crippen LogP contribution is -2.25. The molecule has 25 heavy (non-hydrogen) atoms. The minimum Gasteiger partial charge on any atom is -0.370 e. The fourth-order valence-corrected chi connectivity index (χ4v) is 2.92. The molecule has 0 spiro atoms. The molecule has 126 valence electrons. The average molecular weight is 331 g/mol. The molecule has 1 aliphatic carbocycles. The van der Waals surface area contributed by atoms with Crippen LogP contribution in [0.4, 0.5) is 5.82 Å². The molecule has 0 saturated heterocycles. The molecule has 4 rings (SSSR count). The van der Waals surface area contributed by atoms with Crippen molar-refractivity contribution in [3.8, 4) is 0 Å². The van der Waals surface area contributed by atoms with Gasteiger partial charge in [0, 0.05) is 18.0 Å². The van der Waals surface area contributed by atoms with Crippen LogP contribution in [-0.4, -0.2) is 23.5 Å². The molecule has 0 unspecified atom stereocenters. The van der Waals surface area contributed by atoms with Gasteiger partial charge in [0.15, 0.2) is 0 Å². The maximum atomic E-state index is 12.6. The highest BCUT2D eigenvalue weighted by molar-refractivity contribution is 6.07. The van der Waals surface area contributed by atoms with E-state index < -0.39 is 0 Å². The first-order valence-corrected chi connectivity index (χ1v) is 8.78. The van der Waals surface area contributed by atoms with E-state index in [1.54, 1.807) is 0 Å². The Morgan fingerprint density at radius 2 is 1.80 bits per heavy atom. The Kier molecular flexibility index (Phi) is 4.34. The number of rotatable bonds is 6. The largest absolute Gasteiger partial charge is 0.370 e. The molecule has 0 bridgehead atoms. The topological polar surface area (TPSA) is 54.0 Å². The highest BCUT2D eigenvalue weighted by Crippen LogP contribution is 2.24. The van der Waals surface area contributed by atoms with Crippen LogP contribution in [0.3, 0.4) is 0 Å². The van der Waals surface area contributed by atoms with Crippen LogP contribution in [0.15, 0.2) is 60.7 Å². The SMILES string of the molecule is O=C(NC1CC1)c1cc(NCCc2ccccc2)nc2ccccc12. The molecule has 0 aliphatic heterocycles. The van der Waals surface area contributed by atoms with Crippen LogP contribution in [0.25, 0.3) is 10.9 Å². The molecule has 2 N–H and O–H groups in total. The molecule has 2 aromatic carbocycles. The predicted molar refractivity (Wildman–Crippen MR) is 101 cm³/mol. The maximum absolute atomic E-state index is 12.6. The number of carbonyl (C=O) groups is 1. The van der Waals surface area contributed by atoms with Crippen LogP contribution in [-0.2, 0) is 6.42 Å². The summed E-state index contributed by atoms with van der Waals surface area (Å²) in [7, 11) is 0. The van der Waals surface area contributed by atoms with E-state index in [4.69, 9.17) is 0 Å². The fraction of sp³-hybridized carbons (Fsp3) is 0.238. The third-order valence-electron chi connectivity index (χ3n) is 4.44. The van der Waals surface area contributed by atoms with Crippen LogP contribution in [0.2, 0.25) is 0 Å². The van der Waals surface area contributed by atoms with Crippen molar-refractivity contribution >= 4 is 22.6 Å². The molecule has 1 amide bonds.